The van der Waals surface area contributed by atoms with E-state index in [1.54, 1.807) is 44.6 Å². The van der Waals surface area contributed by atoms with Gasteiger partial charge in [0.25, 0.3) is 0 Å². The van der Waals surface area contributed by atoms with Crippen LogP contribution >= 0.6 is 0 Å². The van der Waals surface area contributed by atoms with E-state index in [1.165, 1.54) is 4.90 Å². The number of benzene rings is 1. The number of rotatable bonds is 6. The normalized spacial score (nSPS) is 9.08. The maximum Gasteiger partial charge on any atom is 0.209 e. The van der Waals surface area contributed by atoms with Gasteiger partial charge in [-0.1, -0.05) is 6.07 Å². The lowest BCUT2D eigenvalue weighted by atomic mass is 10.2. The molecule has 126 valence electrons. The van der Waals surface area contributed by atoms with Crippen LogP contribution in [0.25, 0.3) is 0 Å². The van der Waals surface area contributed by atoms with Crippen LogP contribution in [0, 0.1) is 11.3 Å². The average Bonchev–Trinajstić information content (AvgIpc) is 2.63. The third kappa shape index (κ3) is 7.27. The van der Waals surface area contributed by atoms with Crippen molar-refractivity contribution in [1.29, 1.82) is 5.26 Å². The van der Waals surface area contributed by atoms with Gasteiger partial charge in [0.15, 0.2) is 0 Å². The molecule has 0 aliphatic heterocycles. The van der Waals surface area contributed by atoms with Gasteiger partial charge >= 0.3 is 0 Å². The molecule has 2 rings (SSSR count). The minimum absolute atomic E-state index is 0.568. The lowest BCUT2D eigenvalue weighted by molar-refractivity contribution is -0.115. The number of aromatic nitrogens is 1. The Morgan fingerprint density at radius 3 is 2.33 bits per heavy atom. The molecule has 0 bridgehead atoms. The topological polar surface area (TPSA) is 69.5 Å². The lowest BCUT2D eigenvalue weighted by Gasteiger charge is -2.18. The van der Waals surface area contributed by atoms with Crippen LogP contribution in [0.2, 0.25) is 0 Å². The monoisotopic (exact) mass is 326 g/mol. The van der Waals surface area contributed by atoms with Gasteiger partial charge in [-0.25, -0.2) is 4.98 Å². The molecule has 1 heterocycles. The highest BCUT2D eigenvalue weighted by Gasteiger charge is 2.01. The number of hydrogen-bond donors (Lipinski definition) is 0. The molecule has 0 radical (unpaired) electrons. The largest absolute Gasteiger partial charge is 0.492 e. The van der Waals surface area contributed by atoms with Gasteiger partial charge in [0.2, 0.25) is 6.41 Å². The van der Waals surface area contributed by atoms with Crippen molar-refractivity contribution in [2.75, 3.05) is 39.2 Å². The van der Waals surface area contributed by atoms with Crippen molar-refractivity contribution in [2.24, 2.45) is 0 Å². The highest BCUT2D eigenvalue weighted by molar-refractivity contribution is 5.45. The second-order valence-corrected chi connectivity index (χ2v) is 5.16. The first-order valence-electron chi connectivity index (χ1n) is 7.43. The van der Waals surface area contributed by atoms with E-state index >= 15 is 0 Å². The van der Waals surface area contributed by atoms with Gasteiger partial charge in [-0.15, -0.1) is 0 Å². The molecule has 6 heteroatoms. The van der Waals surface area contributed by atoms with E-state index in [9.17, 15) is 4.79 Å². The first kappa shape index (κ1) is 19.0. The Kier molecular flexibility index (Phi) is 8.40. The summed E-state index contributed by atoms with van der Waals surface area (Å²) in [6, 6.07) is 15.0. The van der Waals surface area contributed by atoms with Crippen molar-refractivity contribution in [2.45, 2.75) is 0 Å². The SMILES string of the molecule is CN(C)C=O.CN(CCOc1ccc(C#N)cc1)c1ccccn1. The number of carbonyl (C=O) groups excluding carboxylic acids is 1. The van der Waals surface area contributed by atoms with E-state index in [-0.39, 0.29) is 0 Å². The molecule has 24 heavy (non-hydrogen) atoms. The van der Waals surface area contributed by atoms with Crippen LogP contribution < -0.4 is 9.64 Å². The Morgan fingerprint density at radius 1 is 1.17 bits per heavy atom. The van der Waals surface area contributed by atoms with E-state index in [0.717, 1.165) is 24.5 Å². The number of ether oxygens (including phenoxy) is 1. The molecule has 0 aliphatic rings. The Labute approximate surface area is 142 Å². The summed E-state index contributed by atoms with van der Waals surface area (Å²) >= 11 is 0. The maximum atomic E-state index is 9.43. The summed E-state index contributed by atoms with van der Waals surface area (Å²) in [5, 5.41) is 8.70. The Balaban J connectivity index is 0.000000505. The first-order valence-corrected chi connectivity index (χ1v) is 7.43. The van der Waals surface area contributed by atoms with E-state index in [4.69, 9.17) is 10.00 Å². The predicted molar refractivity (Wildman–Crippen MR) is 93.9 cm³/mol. The Bertz CT molecular complexity index is 636. The average molecular weight is 326 g/mol. The number of anilines is 1. The molecule has 0 N–H and O–H groups in total. The molecule has 2 aromatic rings. The van der Waals surface area contributed by atoms with Crippen LogP contribution in [0.4, 0.5) is 5.82 Å². The molecule has 0 saturated carbocycles. The highest BCUT2D eigenvalue weighted by Crippen LogP contribution is 2.12. The number of carbonyl (C=O) groups is 1. The van der Waals surface area contributed by atoms with Gasteiger partial charge < -0.3 is 14.5 Å². The molecule has 1 aromatic carbocycles. The number of hydrogen-bond acceptors (Lipinski definition) is 5. The van der Waals surface area contributed by atoms with Crippen molar-refractivity contribution < 1.29 is 9.53 Å². The van der Waals surface area contributed by atoms with Crippen LogP contribution in [0.15, 0.2) is 48.7 Å². The van der Waals surface area contributed by atoms with Crippen LogP contribution in [-0.4, -0.2) is 50.6 Å². The quantitative estimate of drug-likeness (QED) is 0.761. The predicted octanol–water partition coefficient (Wildman–Crippen LogP) is 2.17. The molecule has 0 unspecified atom stereocenters. The smallest absolute Gasteiger partial charge is 0.209 e. The van der Waals surface area contributed by atoms with Gasteiger partial charge in [0.05, 0.1) is 18.2 Å². The van der Waals surface area contributed by atoms with E-state index in [0.29, 0.717) is 12.2 Å². The van der Waals surface area contributed by atoms with Crippen molar-refractivity contribution in [3.63, 3.8) is 0 Å². The Hall–Kier alpha value is -3.07. The van der Waals surface area contributed by atoms with Crippen LogP contribution in [0.3, 0.4) is 0 Å². The minimum Gasteiger partial charge on any atom is -0.492 e. The maximum absolute atomic E-state index is 9.43. The number of nitriles is 1. The van der Waals surface area contributed by atoms with Gasteiger partial charge in [-0.2, -0.15) is 5.26 Å². The molecule has 6 nitrogen and oxygen atoms in total. The summed E-state index contributed by atoms with van der Waals surface area (Å²) in [4.78, 5) is 17.2. The number of pyridine rings is 1. The van der Waals surface area contributed by atoms with Crippen molar-refractivity contribution in [1.82, 2.24) is 9.88 Å². The van der Waals surface area contributed by atoms with E-state index < -0.39 is 0 Å². The highest BCUT2D eigenvalue weighted by atomic mass is 16.5. The zero-order chi connectivity index (χ0) is 17.8. The Morgan fingerprint density at radius 2 is 1.83 bits per heavy atom. The first-order chi connectivity index (χ1) is 11.6. The molecular formula is C18H22N4O2. The van der Waals surface area contributed by atoms with Gasteiger partial charge in [0, 0.05) is 27.3 Å². The molecule has 1 amide bonds. The number of nitrogens with zero attached hydrogens (tertiary/aromatic N) is 4. The fourth-order valence-electron chi connectivity index (χ4n) is 1.62. The molecule has 0 aliphatic carbocycles. The van der Waals surface area contributed by atoms with Crippen molar-refractivity contribution in [3.8, 4) is 11.8 Å². The summed E-state index contributed by atoms with van der Waals surface area (Å²) in [6.07, 6.45) is 2.52. The van der Waals surface area contributed by atoms with Crippen LogP contribution in [0.5, 0.6) is 5.75 Å². The molecule has 1 aromatic heterocycles. The summed E-state index contributed by atoms with van der Waals surface area (Å²) in [6.45, 7) is 1.32. The molecule has 0 spiro atoms. The molecule has 0 saturated heterocycles. The van der Waals surface area contributed by atoms with Crippen molar-refractivity contribution >= 4 is 12.2 Å². The van der Waals surface area contributed by atoms with Gasteiger partial charge in [-0.05, 0) is 36.4 Å². The number of amides is 1. The van der Waals surface area contributed by atoms with Crippen molar-refractivity contribution in [3.05, 3.63) is 54.2 Å². The van der Waals surface area contributed by atoms with E-state index in [2.05, 4.69) is 11.1 Å². The summed E-state index contributed by atoms with van der Waals surface area (Å²) in [5.41, 5.74) is 0.637. The minimum atomic E-state index is 0.568. The third-order valence-electron chi connectivity index (χ3n) is 2.93. The second kappa shape index (κ2) is 10.6. The standard InChI is InChI=1S/C15H15N3O.C3H7NO/c1-18(15-4-2-3-9-17-15)10-11-19-14-7-5-13(12-16)6-8-14;1-4(2)3-5/h2-9H,10-11H2,1H3;3H,1-2H3. The van der Waals surface area contributed by atoms with Crippen LogP contribution in [0.1, 0.15) is 5.56 Å². The van der Waals surface area contributed by atoms with E-state index in [1.807, 2.05) is 30.1 Å². The second-order valence-electron chi connectivity index (χ2n) is 5.16. The van der Waals surface area contributed by atoms with Gasteiger partial charge in [-0.3, -0.25) is 4.79 Å². The third-order valence-corrected chi connectivity index (χ3v) is 2.93. The van der Waals surface area contributed by atoms with Crippen LogP contribution in [-0.2, 0) is 4.79 Å². The lowest BCUT2D eigenvalue weighted by Crippen LogP contribution is -2.24. The fourth-order valence-corrected chi connectivity index (χ4v) is 1.62. The zero-order valence-electron chi connectivity index (χ0n) is 14.2. The molecule has 0 fully saturated rings. The number of likely N-dealkylation sites (N-methyl/N-ethyl adjacent to an activating group) is 1. The summed E-state index contributed by atoms with van der Waals surface area (Å²) < 4.78 is 5.62. The van der Waals surface area contributed by atoms with Gasteiger partial charge in [0.1, 0.15) is 18.2 Å². The fraction of sp³-hybridized carbons (Fsp3) is 0.278. The summed E-state index contributed by atoms with van der Waals surface area (Å²) in [7, 11) is 5.35. The zero-order valence-corrected chi connectivity index (χ0v) is 14.2. The molecular weight excluding hydrogens is 304 g/mol. The molecule has 0 atom stereocenters. The summed E-state index contributed by atoms with van der Waals surface area (Å²) in [5.74, 6) is 1.69.